The topological polar surface area (TPSA) is 52.0 Å². The van der Waals surface area contributed by atoms with E-state index in [0.29, 0.717) is 18.1 Å². The summed E-state index contributed by atoms with van der Waals surface area (Å²) in [5.74, 6) is 0.648. The van der Waals surface area contributed by atoms with Crippen molar-refractivity contribution < 1.29 is 4.74 Å². The molecule has 3 unspecified atom stereocenters. The van der Waals surface area contributed by atoms with Gasteiger partial charge in [-0.1, -0.05) is 13.8 Å². The van der Waals surface area contributed by atoms with Crippen molar-refractivity contribution in [1.29, 1.82) is 0 Å². The van der Waals surface area contributed by atoms with Crippen molar-refractivity contribution in [1.82, 2.24) is 14.8 Å². The van der Waals surface area contributed by atoms with Crippen LogP contribution in [0.4, 0.5) is 5.69 Å². The highest BCUT2D eigenvalue weighted by atomic mass is 16.5. The van der Waals surface area contributed by atoms with Gasteiger partial charge in [0, 0.05) is 29.7 Å². The lowest BCUT2D eigenvalue weighted by atomic mass is 9.57. The maximum atomic E-state index is 5.84. The second-order valence-corrected chi connectivity index (χ2v) is 6.57. The summed E-state index contributed by atoms with van der Waals surface area (Å²) in [5, 5.41) is 7.83. The Morgan fingerprint density at radius 1 is 1.29 bits per heavy atom. The van der Waals surface area contributed by atoms with Crippen LogP contribution in [-0.4, -0.2) is 33.5 Å². The zero-order valence-corrected chi connectivity index (χ0v) is 12.4. The first-order valence-corrected chi connectivity index (χ1v) is 7.49. The van der Waals surface area contributed by atoms with Gasteiger partial charge in [0.1, 0.15) is 12.7 Å². The number of rotatable bonds is 3. The standard InChI is InChI=1S/C16H20N4O/c1-16(2)14(13-7-8-21-15(13)16)19-11-3-5-12(6-4-11)20-10-17-9-18-20/h3-6,9-10,13-15,19H,7-8H2,1-2H3. The van der Waals surface area contributed by atoms with Crippen LogP contribution in [0, 0.1) is 11.3 Å². The molecule has 110 valence electrons. The molecule has 3 atom stereocenters. The predicted molar refractivity (Wildman–Crippen MR) is 80.4 cm³/mol. The molecule has 0 spiro atoms. The van der Waals surface area contributed by atoms with Crippen molar-refractivity contribution in [3.63, 3.8) is 0 Å². The highest BCUT2D eigenvalue weighted by molar-refractivity contribution is 5.50. The van der Waals surface area contributed by atoms with Crippen molar-refractivity contribution in [2.24, 2.45) is 11.3 Å². The summed E-state index contributed by atoms with van der Waals surface area (Å²) in [6, 6.07) is 8.82. The van der Waals surface area contributed by atoms with Gasteiger partial charge in [-0.25, -0.2) is 9.67 Å². The summed E-state index contributed by atoms with van der Waals surface area (Å²) in [4.78, 5) is 3.97. The first kappa shape index (κ1) is 12.8. The molecule has 1 aromatic heterocycles. The molecule has 1 N–H and O–H groups in total. The van der Waals surface area contributed by atoms with E-state index in [1.807, 2.05) is 0 Å². The zero-order valence-electron chi connectivity index (χ0n) is 12.4. The van der Waals surface area contributed by atoms with E-state index >= 15 is 0 Å². The second kappa shape index (κ2) is 4.56. The van der Waals surface area contributed by atoms with Crippen LogP contribution in [0.2, 0.25) is 0 Å². The van der Waals surface area contributed by atoms with E-state index in [-0.39, 0.29) is 5.41 Å². The molecule has 1 aliphatic carbocycles. The van der Waals surface area contributed by atoms with Gasteiger partial charge in [0.15, 0.2) is 0 Å². The summed E-state index contributed by atoms with van der Waals surface area (Å²) in [6.45, 7) is 5.49. The number of nitrogens with zero attached hydrogens (tertiary/aromatic N) is 3. The molecular formula is C16H20N4O. The molecule has 2 aromatic rings. The van der Waals surface area contributed by atoms with E-state index in [1.54, 1.807) is 17.3 Å². The molecule has 5 nitrogen and oxygen atoms in total. The van der Waals surface area contributed by atoms with Crippen LogP contribution in [0.1, 0.15) is 20.3 Å². The smallest absolute Gasteiger partial charge is 0.138 e. The maximum Gasteiger partial charge on any atom is 0.138 e. The molecule has 4 rings (SSSR count). The second-order valence-electron chi connectivity index (χ2n) is 6.57. The van der Waals surface area contributed by atoms with Crippen LogP contribution in [-0.2, 0) is 4.74 Å². The summed E-state index contributed by atoms with van der Waals surface area (Å²) in [7, 11) is 0. The van der Waals surface area contributed by atoms with Crippen LogP contribution in [0.5, 0.6) is 0 Å². The van der Waals surface area contributed by atoms with Gasteiger partial charge in [-0.15, -0.1) is 0 Å². The number of hydrogen-bond donors (Lipinski definition) is 1. The average Bonchev–Trinajstić information content (AvgIpc) is 3.16. The quantitative estimate of drug-likeness (QED) is 0.941. The van der Waals surface area contributed by atoms with Crippen LogP contribution < -0.4 is 5.32 Å². The van der Waals surface area contributed by atoms with Crippen molar-refractivity contribution in [2.75, 3.05) is 11.9 Å². The Bertz CT molecular complexity index is 620. The van der Waals surface area contributed by atoms with Crippen LogP contribution in [0.3, 0.4) is 0 Å². The van der Waals surface area contributed by atoms with Crippen molar-refractivity contribution >= 4 is 5.69 Å². The largest absolute Gasteiger partial charge is 0.381 e. The van der Waals surface area contributed by atoms with Crippen molar-refractivity contribution in [3.8, 4) is 5.69 Å². The summed E-state index contributed by atoms with van der Waals surface area (Å²) in [5.41, 5.74) is 2.38. The molecule has 2 heterocycles. The van der Waals surface area contributed by atoms with Gasteiger partial charge in [0.25, 0.3) is 0 Å². The Morgan fingerprint density at radius 2 is 2.10 bits per heavy atom. The molecule has 5 heteroatoms. The first-order valence-electron chi connectivity index (χ1n) is 7.49. The Balaban J connectivity index is 1.50. The first-order chi connectivity index (χ1) is 10.2. The van der Waals surface area contributed by atoms with Gasteiger partial charge in [-0.05, 0) is 30.7 Å². The van der Waals surface area contributed by atoms with Crippen molar-refractivity contribution in [3.05, 3.63) is 36.9 Å². The number of hydrogen-bond acceptors (Lipinski definition) is 4. The molecule has 0 radical (unpaired) electrons. The molecule has 1 aliphatic heterocycles. The van der Waals surface area contributed by atoms with E-state index in [1.165, 1.54) is 6.42 Å². The fourth-order valence-electron chi connectivity index (χ4n) is 3.85. The molecule has 2 fully saturated rings. The van der Waals surface area contributed by atoms with Gasteiger partial charge in [-0.2, -0.15) is 5.10 Å². The molecule has 21 heavy (non-hydrogen) atoms. The molecule has 0 bridgehead atoms. The lowest BCUT2D eigenvalue weighted by Crippen LogP contribution is -2.63. The minimum atomic E-state index is 0.200. The SMILES string of the molecule is CC1(C)C(Nc2ccc(-n3cncn3)cc2)C2CCOC21. The van der Waals surface area contributed by atoms with E-state index < -0.39 is 0 Å². The fraction of sp³-hybridized carbons (Fsp3) is 0.500. The summed E-state index contributed by atoms with van der Waals surface area (Å²) >= 11 is 0. The number of benzene rings is 1. The molecule has 1 aromatic carbocycles. The molecule has 2 aliphatic rings. The van der Waals surface area contributed by atoms with E-state index in [9.17, 15) is 0 Å². The normalized spacial score (nSPS) is 29.7. The Labute approximate surface area is 124 Å². The number of anilines is 1. The number of aromatic nitrogens is 3. The molecular weight excluding hydrogens is 264 g/mol. The van der Waals surface area contributed by atoms with Gasteiger partial charge in [0.2, 0.25) is 0 Å². The average molecular weight is 284 g/mol. The van der Waals surface area contributed by atoms with Gasteiger partial charge < -0.3 is 10.1 Å². The summed E-state index contributed by atoms with van der Waals surface area (Å²) < 4.78 is 7.61. The monoisotopic (exact) mass is 284 g/mol. The molecule has 0 amide bonds. The van der Waals surface area contributed by atoms with Crippen LogP contribution in [0.15, 0.2) is 36.9 Å². The zero-order chi connectivity index (χ0) is 14.4. The van der Waals surface area contributed by atoms with Crippen molar-refractivity contribution in [2.45, 2.75) is 32.4 Å². The third-order valence-corrected chi connectivity index (χ3v) is 4.97. The summed E-state index contributed by atoms with van der Waals surface area (Å²) in [6.07, 6.45) is 4.84. The molecule has 1 saturated heterocycles. The lowest BCUT2D eigenvalue weighted by molar-refractivity contribution is -0.0923. The fourth-order valence-corrected chi connectivity index (χ4v) is 3.85. The third-order valence-electron chi connectivity index (χ3n) is 4.97. The maximum absolute atomic E-state index is 5.84. The van der Waals surface area contributed by atoms with E-state index in [2.05, 4.69) is 53.5 Å². The van der Waals surface area contributed by atoms with Crippen LogP contribution in [0.25, 0.3) is 5.69 Å². The van der Waals surface area contributed by atoms with Gasteiger partial charge in [-0.3, -0.25) is 0 Å². The van der Waals surface area contributed by atoms with E-state index in [4.69, 9.17) is 4.74 Å². The number of nitrogens with one attached hydrogen (secondary N) is 1. The number of fused-ring (bicyclic) bond motifs is 1. The van der Waals surface area contributed by atoms with Crippen LogP contribution >= 0.6 is 0 Å². The Morgan fingerprint density at radius 3 is 2.81 bits per heavy atom. The highest BCUT2D eigenvalue weighted by Crippen LogP contribution is 2.53. The highest BCUT2D eigenvalue weighted by Gasteiger charge is 2.59. The van der Waals surface area contributed by atoms with Gasteiger partial charge >= 0.3 is 0 Å². The minimum Gasteiger partial charge on any atom is -0.381 e. The Kier molecular flexibility index (Phi) is 2.79. The lowest BCUT2D eigenvalue weighted by Gasteiger charge is -2.55. The minimum absolute atomic E-state index is 0.200. The third kappa shape index (κ3) is 1.95. The predicted octanol–water partition coefficient (Wildman–Crippen LogP) is 2.49. The Hall–Kier alpha value is -1.88. The molecule has 1 saturated carbocycles. The van der Waals surface area contributed by atoms with E-state index in [0.717, 1.165) is 18.0 Å². The number of ether oxygens (including phenoxy) is 1. The van der Waals surface area contributed by atoms with Gasteiger partial charge in [0.05, 0.1) is 11.8 Å².